The summed E-state index contributed by atoms with van der Waals surface area (Å²) in [6, 6.07) is 3.32. The number of benzene rings is 1. The Bertz CT molecular complexity index is 361. The lowest BCUT2D eigenvalue weighted by Crippen LogP contribution is -2.11. The van der Waals surface area contributed by atoms with Crippen LogP contribution in [0.25, 0.3) is 0 Å². The van der Waals surface area contributed by atoms with Crippen LogP contribution in [-0.2, 0) is 6.54 Å². The van der Waals surface area contributed by atoms with Crippen LogP contribution in [0.15, 0.2) is 12.1 Å². The van der Waals surface area contributed by atoms with Crippen molar-refractivity contribution < 1.29 is 9.90 Å². The van der Waals surface area contributed by atoms with Crippen LogP contribution < -0.4 is 11.1 Å². The van der Waals surface area contributed by atoms with Gasteiger partial charge >= 0.3 is 5.97 Å². The monoisotopic (exact) mass is 194 g/mol. The molecule has 1 rings (SSSR count). The summed E-state index contributed by atoms with van der Waals surface area (Å²) in [4.78, 5) is 10.8. The van der Waals surface area contributed by atoms with Gasteiger partial charge in [0.15, 0.2) is 0 Å². The number of hydrogen-bond donors (Lipinski definition) is 3. The van der Waals surface area contributed by atoms with Crippen LogP contribution in [0, 0.1) is 6.92 Å². The first-order valence-corrected chi connectivity index (χ1v) is 4.33. The number of rotatable bonds is 3. The first kappa shape index (κ1) is 10.5. The molecule has 0 atom stereocenters. The second-order valence-electron chi connectivity index (χ2n) is 3.15. The van der Waals surface area contributed by atoms with E-state index in [4.69, 9.17) is 10.8 Å². The predicted molar refractivity (Wildman–Crippen MR) is 55.3 cm³/mol. The Morgan fingerprint density at radius 2 is 2.21 bits per heavy atom. The highest BCUT2D eigenvalue weighted by molar-refractivity contribution is 5.91. The molecule has 76 valence electrons. The summed E-state index contributed by atoms with van der Waals surface area (Å²) in [5.41, 5.74) is 8.18. The third-order valence-electron chi connectivity index (χ3n) is 2.20. The zero-order valence-corrected chi connectivity index (χ0v) is 8.29. The summed E-state index contributed by atoms with van der Waals surface area (Å²) in [6.07, 6.45) is 0. The van der Waals surface area contributed by atoms with E-state index >= 15 is 0 Å². The van der Waals surface area contributed by atoms with E-state index in [9.17, 15) is 4.79 Å². The van der Waals surface area contributed by atoms with Gasteiger partial charge in [-0.1, -0.05) is 6.07 Å². The molecule has 0 bridgehead atoms. The third kappa shape index (κ3) is 1.85. The smallest absolute Gasteiger partial charge is 0.336 e. The molecule has 14 heavy (non-hydrogen) atoms. The number of carboxylic acid groups (broad SMARTS) is 1. The van der Waals surface area contributed by atoms with Gasteiger partial charge in [0, 0.05) is 12.2 Å². The van der Waals surface area contributed by atoms with Crippen molar-refractivity contribution in [3.05, 3.63) is 28.8 Å². The molecule has 4 heteroatoms. The summed E-state index contributed by atoms with van der Waals surface area (Å²) < 4.78 is 0. The Morgan fingerprint density at radius 1 is 1.57 bits per heavy atom. The minimum atomic E-state index is -0.940. The second kappa shape index (κ2) is 4.11. The maximum Gasteiger partial charge on any atom is 0.336 e. The van der Waals surface area contributed by atoms with Crippen LogP contribution in [0.3, 0.4) is 0 Å². The Labute approximate surface area is 82.7 Å². The minimum Gasteiger partial charge on any atom is -0.478 e. The van der Waals surface area contributed by atoms with Crippen LogP contribution >= 0.6 is 0 Å². The molecular formula is C10H14N2O2. The molecule has 4 N–H and O–H groups in total. The molecule has 1 aromatic rings. The molecule has 0 radical (unpaired) electrons. The highest BCUT2D eigenvalue weighted by atomic mass is 16.4. The van der Waals surface area contributed by atoms with E-state index in [2.05, 4.69) is 5.32 Å². The Balaban J connectivity index is 3.19. The molecule has 0 aliphatic carbocycles. The molecule has 0 aromatic heterocycles. The van der Waals surface area contributed by atoms with Crippen LogP contribution in [0.4, 0.5) is 5.69 Å². The van der Waals surface area contributed by atoms with Crippen LogP contribution in [0.2, 0.25) is 0 Å². The van der Waals surface area contributed by atoms with Crippen molar-refractivity contribution in [2.45, 2.75) is 13.5 Å². The van der Waals surface area contributed by atoms with Crippen molar-refractivity contribution in [3.63, 3.8) is 0 Å². The van der Waals surface area contributed by atoms with Crippen molar-refractivity contribution in [2.75, 3.05) is 12.8 Å². The maximum absolute atomic E-state index is 10.8. The normalized spacial score (nSPS) is 10.1. The number of nitrogens with one attached hydrogen (secondary N) is 1. The van der Waals surface area contributed by atoms with Gasteiger partial charge in [-0.05, 0) is 31.2 Å². The first-order valence-electron chi connectivity index (χ1n) is 4.33. The van der Waals surface area contributed by atoms with Crippen molar-refractivity contribution >= 4 is 11.7 Å². The molecule has 0 saturated carbocycles. The molecule has 4 nitrogen and oxygen atoms in total. The molecule has 0 aliphatic heterocycles. The van der Waals surface area contributed by atoms with E-state index in [1.165, 1.54) is 0 Å². The summed E-state index contributed by atoms with van der Waals surface area (Å²) in [5, 5.41) is 11.8. The van der Waals surface area contributed by atoms with Crippen molar-refractivity contribution in [1.82, 2.24) is 5.32 Å². The van der Waals surface area contributed by atoms with Crippen molar-refractivity contribution in [2.24, 2.45) is 0 Å². The van der Waals surface area contributed by atoms with Gasteiger partial charge in [0.05, 0.1) is 5.56 Å². The van der Waals surface area contributed by atoms with Gasteiger partial charge in [0.25, 0.3) is 0 Å². The molecule has 0 aliphatic rings. The lowest BCUT2D eigenvalue weighted by molar-refractivity contribution is 0.0696. The van der Waals surface area contributed by atoms with Crippen molar-refractivity contribution in [1.29, 1.82) is 0 Å². The lowest BCUT2D eigenvalue weighted by Gasteiger charge is -2.10. The number of hydrogen-bond acceptors (Lipinski definition) is 3. The summed E-state index contributed by atoms with van der Waals surface area (Å²) in [7, 11) is 1.82. The average Bonchev–Trinajstić information content (AvgIpc) is 2.13. The van der Waals surface area contributed by atoms with Gasteiger partial charge in [-0.25, -0.2) is 4.79 Å². The van der Waals surface area contributed by atoms with Gasteiger partial charge in [-0.3, -0.25) is 0 Å². The van der Waals surface area contributed by atoms with Gasteiger partial charge in [0.2, 0.25) is 0 Å². The van der Waals surface area contributed by atoms with Gasteiger partial charge in [-0.15, -0.1) is 0 Å². The Kier molecular flexibility index (Phi) is 3.09. The molecule has 0 heterocycles. The summed E-state index contributed by atoms with van der Waals surface area (Å²) in [5.74, 6) is -0.940. The van der Waals surface area contributed by atoms with E-state index in [-0.39, 0.29) is 5.56 Å². The average molecular weight is 194 g/mol. The maximum atomic E-state index is 10.8. The SMILES string of the molecule is CNCc1ccc(C(=O)O)c(C)c1N. The fraction of sp³-hybridized carbons (Fsp3) is 0.300. The van der Waals surface area contributed by atoms with E-state index in [0.717, 1.165) is 5.56 Å². The summed E-state index contributed by atoms with van der Waals surface area (Å²) >= 11 is 0. The van der Waals surface area contributed by atoms with E-state index in [1.54, 1.807) is 19.1 Å². The molecule has 0 fully saturated rings. The molecule has 0 unspecified atom stereocenters. The molecule has 0 amide bonds. The number of anilines is 1. The number of carbonyl (C=O) groups is 1. The zero-order chi connectivity index (χ0) is 10.7. The quantitative estimate of drug-likeness (QED) is 0.627. The molecule has 0 spiro atoms. The van der Waals surface area contributed by atoms with E-state index in [1.807, 2.05) is 7.05 Å². The Hall–Kier alpha value is -1.55. The largest absolute Gasteiger partial charge is 0.478 e. The van der Waals surface area contributed by atoms with Crippen molar-refractivity contribution in [3.8, 4) is 0 Å². The van der Waals surface area contributed by atoms with Gasteiger partial charge in [-0.2, -0.15) is 0 Å². The third-order valence-corrected chi connectivity index (χ3v) is 2.20. The van der Waals surface area contributed by atoms with E-state index in [0.29, 0.717) is 17.8 Å². The number of aromatic carboxylic acids is 1. The standard InChI is InChI=1S/C10H14N2O2/c1-6-8(10(13)14)4-3-7(5-12-2)9(6)11/h3-4,12H,5,11H2,1-2H3,(H,13,14). The second-order valence-corrected chi connectivity index (χ2v) is 3.15. The predicted octanol–water partition coefficient (Wildman–Crippen LogP) is 0.995. The number of nitrogen functional groups attached to an aromatic ring is 1. The lowest BCUT2D eigenvalue weighted by atomic mass is 10.0. The highest BCUT2D eigenvalue weighted by Gasteiger charge is 2.11. The molecular weight excluding hydrogens is 180 g/mol. The minimum absolute atomic E-state index is 0.266. The fourth-order valence-corrected chi connectivity index (χ4v) is 1.36. The topological polar surface area (TPSA) is 75.3 Å². The summed E-state index contributed by atoms with van der Waals surface area (Å²) in [6.45, 7) is 2.37. The van der Waals surface area contributed by atoms with Crippen LogP contribution in [0.1, 0.15) is 21.5 Å². The van der Waals surface area contributed by atoms with Gasteiger partial charge < -0.3 is 16.2 Å². The van der Waals surface area contributed by atoms with Crippen LogP contribution in [0.5, 0.6) is 0 Å². The van der Waals surface area contributed by atoms with E-state index < -0.39 is 5.97 Å². The number of carboxylic acids is 1. The first-order chi connectivity index (χ1) is 6.57. The molecule has 0 saturated heterocycles. The number of nitrogens with two attached hydrogens (primary N) is 1. The zero-order valence-electron chi connectivity index (χ0n) is 8.29. The molecule has 1 aromatic carbocycles. The fourth-order valence-electron chi connectivity index (χ4n) is 1.36. The van der Waals surface area contributed by atoms with Crippen LogP contribution in [-0.4, -0.2) is 18.1 Å². The highest BCUT2D eigenvalue weighted by Crippen LogP contribution is 2.20. The Morgan fingerprint density at radius 3 is 2.71 bits per heavy atom. The van der Waals surface area contributed by atoms with Gasteiger partial charge in [0.1, 0.15) is 0 Å².